The van der Waals surface area contributed by atoms with E-state index >= 15 is 0 Å². The topological polar surface area (TPSA) is 85.0 Å². The van der Waals surface area contributed by atoms with Crippen molar-refractivity contribution in [1.29, 1.82) is 0 Å². The Balaban J connectivity index is 1.19. The first-order chi connectivity index (χ1) is 31.6. The number of unbranched alkanes of at least 4 members (excludes halogenated alkanes) is 1. The lowest BCUT2D eigenvalue weighted by molar-refractivity contribution is 0.192. The average Bonchev–Trinajstić information content (AvgIpc) is 3.98. The number of imidazole rings is 1. The summed E-state index contributed by atoms with van der Waals surface area (Å²) in [5, 5.41) is 14.5. The largest absolute Gasteiger partial charge is 0.324 e. The van der Waals surface area contributed by atoms with Gasteiger partial charge in [0.25, 0.3) is 0 Å². The molecule has 9 heteroatoms. The molecular formula is C55H50N8O. The quantitative estimate of drug-likeness (QED) is 0.108. The predicted octanol–water partition coefficient (Wildman–Crippen LogP) is 11.7. The van der Waals surface area contributed by atoms with Crippen molar-refractivity contribution in [3.05, 3.63) is 216 Å². The molecule has 0 unspecified atom stereocenters. The van der Waals surface area contributed by atoms with Crippen molar-refractivity contribution in [2.45, 2.75) is 51.6 Å². The monoisotopic (exact) mass is 838 g/mol. The fraction of sp³-hybridized carbons (Fsp3) is 0.182. The molecule has 1 fully saturated rings. The predicted molar refractivity (Wildman–Crippen MR) is 255 cm³/mol. The number of aromatic nitrogens is 6. The van der Waals surface area contributed by atoms with Crippen molar-refractivity contribution in [3.8, 4) is 28.2 Å². The number of aryl methyl sites for hydroxylation is 1. The summed E-state index contributed by atoms with van der Waals surface area (Å²) in [5.41, 5.74) is 10.9. The van der Waals surface area contributed by atoms with Crippen LogP contribution in [0.2, 0.25) is 0 Å². The maximum absolute atomic E-state index is 14.2. The van der Waals surface area contributed by atoms with Gasteiger partial charge in [0.15, 0.2) is 5.82 Å². The van der Waals surface area contributed by atoms with Gasteiger partial charge >= 0.3 is 6.03 Å². The zero-order valence-corrected chi connectivity index (χ0v) is 36.3. The van der Waals surface area contributed by atoms with E-state index in [1.807, 2.05) is 56.9 Å². The Labute approximate surface area is 374 Å². The normalized spacial score (nSPS) is 13.2. The summed E-state index contributed by atoms with van der Waals surface area (Å²) in [6.45, 7) is 6.34. The summed E-state index contributed by atoms with van der Waals surface area (Å²) < 4.78 is 4.34. The molecular weight excluding hydrogens is 789 g/mol. The van der Waals surface area contributed by atoms with E-state index in [2.05, 4.69) is 163 Å². The highest BCUT2D eigenvalue weighted by Crippen LogP contribution is 2.45. The number of nitrogens with zero attached hydrogens (tertiary/aromatic N) is 8. The number of amides is 2. The van der Waals surface area contributed by atoms with Crippen LogP contribution >= 0.6 is 0 Å². The Hall–Kier alpha value is -7.65. The molecule has 1 aliphatic heterocycles. The fourth-order valence-corrected chi connectivity index (χ4v) is 9.59. The number of anilines is 1. The molecule has 7 aromatic carbocycles. The van der Waals surface area contributed by atoms with Crippen molar-refractivity contribution in [1.82, 2.24) is 34.7 Å². The molecule has 0 aliphatic carbocycles. The Bertz CT molecular complexity index is 2920. The number of rotatable bonds is 13. The molecule has 3 heterocycles. The highest BCUT2D eigenvalue weighted by atomic mass is 16.2. The van der Waals surface area contributed by atoms with Gasteiger partial charge in [-0.25, -0.2) is 14.5 Å². The average molecular weight is 839 g/mol. The van der Waals surface area contributed by atoms with Crippen LogP contribution in [0.4, 0.5) is 10.5 Å². The molecule has 316 valence electrons. The molecule has 9 nitrogen and oxygen atoms in total. The molecule has 2 aromatic heterocycles. The van der Waals surface area contributed by atoms with Crippen LogP contribution in [-0.4, -0.2) is 53.8 Å². The zero-order chi connectivity index (χ0) is 43.5. The number of fused-ring (bicyclic) bond motifs is 1. The lowest BCUT2D eigenvalue weighted by Crippen LogP contribution is -2.49. The number of urea groups is 1. The molecule has 0 spiro atoms. The molecule has 9 aromatic rings. The molecule has 0 radical (unpaired) electrons. The van der Waals surface area contributed by atoms with Crippen LogP contribution in [-0.2, 0) is 18.5 Å². The summed E-state index contributed by atoms with van der Waals surface area (Å²) in [6, 6.07) is 63.0. The van der Waals surface area contributed by atoms with Crippen LogP contribution in [0.5, 0.6) is 0 Å². The van der Waals surface area contributed by atoms with E-state index in [1.165, 1.54) is 0 Å². The molecule has 0 saturated carbocycles. The van der Waals surface area contributed by atoms with Crippen LogP contribution < -0.4 is 4.90 Å². The smallest absolute Gasteiger partial charge is 0.320 e. The maximum Gasteiger partial charge on any atom is 0.324 e. The molecule has 0 atom stereocenters. The van der Waals surface area contributed by atoms with E-state index < -0.39 is 5.54 Å². The van der Waals surface area contributed by atoms with Gasteiger partial charge < -0.3 is 4.90 Å². The second kappa shape index (κ2) is 17.6. The molecule has 64 heavy (non-hydrogen) atoms. The zero-order valence-electron chi connectivity index (χ0n) is 36.3. The van der Waals surface area contributed by atoms with Crippen molar-refractivity contribution in [2.75, 3.05) is 18.0 Å². The molecule has 1 saturated heterocycles. The summed E-state index contributed by atoms with van der Waals surface area (Å²) in [7, 11) is 0. The third-order valence-corrected chi connectivity index (χ3v) is 12.6. The van der Waals surface area contributed by atoms with Crippen LogP contribution in [0.25, 0.3) is 39.2 Å². The summed E-state index contributed by atoms with van der Waals surface area (Å²) in [4.78, 5) is 23.4. The minimum atomic E-state index is -0.947. The van der Waals surface area contributed by atoms with Gasteiger partial charge in [-0.2, -0.15) is 0 Å². The van der Waals surface area contributed by atoms with E-state index in [0.717, 1.165) is 105 Å². The van der Waals surface area contributed by atoms with Gasteiger partial charge in [0.1, 0.15) is 11.4 Å². The van der Waals surface area contributed by atoms with Gasteiger partial charge in [0, 0.05) is 37.3 Å². The molecule has 0 bridgehead atoms. The number of tetrazole rings is 1. The summed E-state index contributed by atoms with van der Waals surface area (Å²) in [5.74, 6) is 1.60. The highest BCUT2D eigenvalue weighted by molar-refractivity contribution is 5.95. The van der Waals surface area contributed by atoms with Gasteiger partial charge in [0.2, 0.25) is 0 Å². The minimum absolute atomic E-state index is 0.0166. The first-order valence-electron chi connectivity index (χ1n) is 22.3. The van der Waals surface area contributed by atoms with Crippen LogP contribution in [0, 0.1) is 6.92 Å². The number of hydrogen-bond acceptors (Lipinski definition) is 5. The first kappa shape index (κ1) is 40.4. The number of carbonyl (C=O) groups is 1. The van der Waals surface area contributed by atoms with E-state index in [4.69, 9.17) is 15.3 Å². The van der Waals surface area contributed by atoms with Gasteiger partial charge in [0.05, 0.1) is 16.7 Å². The van der Waals surface area contributed by atoms with Gasteiger partial charge in [-0.1, -0.05) is 171 Å². The van der Waals surface area contributed by atoms with Crippen molar-refractivity contribution in [3.63, 3.8) is 0 Å². The standard InChI is InChI=1S/C55H50N8O/c1-3-4-31-51-56-48-34-32-46(61-37-20-36-60(54(61)64)39-41-21-10-5-11-22-41)38-50(48)62(51)49-35-33-47(42-23-12-6-13-24-42)52(40(49)2)53-57-58-59-63(53)55(43-25-14-7-15-26-43,44-27-16-8-17-28-44)45-29-18-9-19-30-45/h5-19,21-30,32-35,38H,3-4,20,31,36-37,39H2,1-2H3. The minimum Gasteiger partial charge on any atom is -0.320 e. The van der Waals surface area contributed by atoms with Gasteiger partial charge in [-0.15, -0.1) is 5.10 Å². The Morgan fingerprint density at radius 1 is 0.672 bits per heavy atom. The summed E-state index contributed by atoms with van der Waals surface area (Å²) in [6.07, 6.45) is 3.68. The van der Waals surface area contributed by atoms with Crippen molar-refractivity contribution < 1.29 is 4.79 Å². The van der Waals surface area contributed by atoms with Crippen LogP contribution in [0.15, 0.2) is 182 Å². The number of hydrogen-bond donors (Lipinski definition) is 0. The SMILES string of the molecule is CCCCc1nc2ccc(N3CCCN(Cc4ccccc4)C3=O)cc2n1-c1ccc(-c2ccccc2)c(-c2nnnn2C(c2ccccc2)(c2ccccc2)c2ccccc2)c1C. The van der Waals surface area contributed by atoms with Crippen molar-refractivity contribution in [2.24, 2.45) is 0 Å². The van der Waals surface area contributed by atoms with E-state index in [9.17, 15) is 4.79 Å². The number of carbonyl (C=O) groups excluding carboxylic acids is 1. The summed E-state index contributed by atoms with van der Waals surface area (Å²) >= 11 is 0. The van der Waals surface area contributed by atoms with Crippen LogP contribution in [0.1, 0.15) is 59.8 Å². The molecule has 10 rings (SSSR count). The highest BCUT2D eigenvalue weighted by Gasteiger charge is 2.42. The second-order valence-corrected chi connectivity index (χ2v) is 16.6. The van der Waals surface area contributed by atoms with Gasteiger partial charge in [-0.3, -0.25) is 9.47 Å². The fourth-order valence-electron chi connectivity index (χ4n) is 9.59. The van der Waals surface area contributed by atoms with E-state index in [-0.39, 0.29) is 6.03 Å². The van der Waals surface area contributed by atoms with Crippen molar-refractivity contribution >= 4 is 22.8 Å². The van der Waals surface area contributed by atoms with Crippen LogP contribution in [0.3, 0.4) is 0 Å². The molecule has 1 aliphatic rings. The maximum atomic E-state index is 14.2. The third kappa shape index (κ3) is 7.22. The Morgan fingerprint density at radius 2 is 1.28 bits per heavy atom. The first-order valence-corrected chi connectivity index (χ1v) is 22.3. The Kier molecular flexibility index (Phi) is 11.1. The second-order valence-electron chi connectivity index (χ2n) is 16.6. The van der Waals surface area contributed by atoms with E-state index in [0.29, 0.717) is 18.9 Å². The number of benzene rings is 7. The third-order valence-electron chi connectivity index (χ3n) is 12.6. The molecule has 2 amide bonds. The Morgan fingerprint density at radius 3 is 1.91 bits per heavy atom. The van der Waals surface area contributed by atoms with Gasteiger partial charge in [-0.05, 0) is 93.4 Å². The van der Waals surface area contributed by atoms with E-state index in [1.54, 1.807) is 0 Å². The molecule has 0 N–H and O–H groups in total. The lowest BCUT2D eigenvalue weighted by atomic mass is 9.76. The lowest BCUT2D eigenvalue weighted by Gasteiger charge is -2.36.